The Hall–Kier alpha value is -3.72. The van der Waals surface area contributed by atoms with Crippen LogP contribution in [0.25, 0.3) is 34.0 Å². The van der Waals surface area contributed by atoms with Gasteiger partial charge in [0.2, 0.25) is 5.89 Å². The Labute approximate surface area is 215 Å². The molecular formula is C25H16Cl2N4O3S. The van der Waals surface area contributed by atoms with Gasteiger partial charge in [0.05, 0.1) is 10.0 Å². The van der Waals surface area contributed by atoms with E-state index >= 15 is 0 Å². The van der Waals surface area contributed by atoms with Gasteiger partial charge in [0.25, 0.3) is 5.91 Å². The van der Waals surface area contributed by atoms with Crippen molar-refractivity contribution in [3.63, 3.8) is 0 Å². The number of benzene rings is 2. The number of halogens is 2. The summed E-state index contributed by atoms with van der Waals surface area (Å²) in [5.41, 5.74) is 4.27. The average molecular weight is 523 g/mol. The summed E-state index contributed by atoms with van der Waals surface area (Å²) in [6, 6.07) is 17.5. The SMILES string of the molecule is Cc1cc(-c2nc3ncccc3o2)ccc1NC(=S)NC(=O)c1ccc(-c2ccc(Cl)c(Cl)c2)o1. The van der Waals surface area contributed by atoms with Gasteiger partial charge in [-0.1, -0.05) is 23.2 Å². The fourth-order valence-electron chi connectivity index (χ4n) is 3.41. The summed E-state index contributed by atoms with van der Waals surface area (Å²) >= 11 is 17.3. The van der Waals surface area contributed by atoms with E-state index in [-0.39, 0.29) is 10.9 Å². The minimum Gasteiger partial charge on any atom is -0.451 e. The van der Waals surface area contributed by atoms with Gasteiger partial charge in [-0.15, -0.1) is 0 Å². The van der Waals surface area contributed by atoms with Crippen LogP contribution in [0.1, 0.15) is 16.1 Å². The molecule has 0 aliphatic heterocycles. The first-order valence-electron chi connectivity index (χ1n) is 10.4. The molecule has 0 bridgehead atoms. The molecule has 2 aromatic carbocycles. The summed E-state index contributed by atoms with van der Waals surface area (Å²) in [5, 5.41) is 6.61. The zero-order valence-corrected chi connectivity index (χ0v) is 20.5. The highest BCUT2D eigenvalue weighted by Gasteiger charge is 2.16. The highest BCUT2D eigenvalue weighted by Crippen LogP contribution is 2.30. The molecule has 0 spiro atoms. The lowest BCUT2D eigenvalue weighted by Crippen LogP contribution is -2.34. The number of oxazole rings is 1. The molecular weight excluding hydrogens is 507 g/mol. The minimum absolute atomic E-state index is 0.104. The van der Waals surface area contributed by atoms with Gasteiger partial charge < -0.3 is 14.2 Å². The average Bonchev–Trinajstić information content (AvgIpc) is 3.50. The van der Waals surface area contributed by atoms with Crippen LogP contribution >= 0.6 is 35.4 Å². The molecule has 0 unspecified atom stereocenters. The molecule has 0 aliphatic carbocycles. The Morgan fingerprint density at radius 3 is 2.57 bits per heavy atom. The molecule has 0 atom stereocenters. The maximum atomic E-state index is 12.6. The predicted molar refractivity (Wildman–Crippen MR) is 140 cm³/mol. The van der Waals surface area contributed by atoms with E-state index in [0.717, 1.165) is 16.8 Å². The third kappa shape index (κ3) is 4.90. The molecule has 3 aromatic heterocycles. The molecule has 0 saturated carbocycles. The van der Waals surface area contributed by atoms with Gasteiger partial charge in [0, 0.05) is 23.0 Å². The molecule has 3 heterocycles. The van der Waals surface area contributed by atoms with Crippen LogP contribution < -0.4 is 10.6 Å². The van der Waals surface area contributed by atoms with Crippen LogP contribution in [-0.4, -0.2) is 21.0 Å². The third-order valence-electron chi connectivity index (χ3n) is 5.15. The number of fused-ring (bicyclic) bond motifs is 1. The summed E-state index contributed by atoms with van der Waals surface area (Å²) in [6.07, 6.45) is 1.67. The number of pyridine rings is 1. The van der Waals surface area contributed by atoms with Crippen LogP contribution in [0.4, 0.5) is 5.69 Å². The van der Waals surface area contributed by atoms with Crippen LogP contribution in [0, 0.1) is 6.92 Å². The number of anilines is 1. The molecule has 0 saturated heterocycles. The standard InChI is InChI=1S/C25H16Cl2N4O3S/c1-13-11-15(24-30-22-20(34-24)3-2-10-28-22)5-7-18(13)29-25(35)31-23(32)21-9-8-19(33-21)14-4-6-16(26)17(27)12-14/h2-12H,1H3,(H2,29,31,32,35). The summed E-state index contributed by atoms with van der Waals surface area (Å²) in [5.74, 6) is 0.571. The quantitative estimate of drug-likeness (QED) is 0.248. The van der Waals surface area contributed by atoms with Crippen molar-refractivity contribution < 1.29 is 13.6 Å². The molecule has 174 valence electrons. The number of carbonyl (C=O) groups is 1. The Balaban J connectivity index is 1.25. The molecule has 2 N–H and O–H groups in total. The summed E-state index contributed by atoms with van der Waals surface area (Å²) < 4.78 is 11.4. The Morgan fingerprint density at radius 1 is 0.971 bits per heavy atom. The fourth-order valence-corrected chi connectivity index (χ4v) is 3.91. The maximum absolute atomic E-state index is 12.6. The van der Waals surface area contributed by atoms with Gasteiger partial charge in [-0.3, -0.25) is 10.1 Å². The van der Waals surface area contributed by atoms with E-state index in [1.165, 1.54) is 0 Å². The number of furan rings is 1. The highest BCUT2D eigenvalue weighted by molar-refractivity contribution is 7.80. The number of aryl methyl sites for hydroxylation is 1. The van der Waals surface area contributed by atoms with E-state index in [4.69, 9.17) is 44.3 Å². The fraction of sp³-hybridized carbons (Fsp3) is 0.0400. The lowest BCUT2D eigenvalue weighted by molar-refractivity contribution is 0.0951. The van der Waals surface area contributed by atoms with Crippen LogP contribution in [0.5, 0.6) is 0 Å². The van der Waals surface area contributed by atoms with Crippen molar-refractivity contribution in [2.75, 3.05) is 5.32 Å². The topological polar surface area (TPSA) is 93.2 Å². The minimum atomic E-state index is -0.484. The number of hydrogen-bond acceptors (Lipinski definition) is 6. The Bertz CT molecular complexity index is 1560. The van der Waals surface area contributed by atoms with Crippen molar-refractivity contribution in [3.8, 4) is 22.8 Å². The smallest absolute Gasteiger partial charge is 0.293 e. The van der Waals surface area contributed by atoms with Crippen molar-refractivity contribution in [3.05, 3.63) is 88.2 Å². The molecule has 0 fully saturated rings. The zero-order valence-electron chi connectivity index (χ0n) is 18.1. The highest BCUT2D eigenvalue weighted by atomic mass is 35.5. The number of aromatic nitrogens is 2. The number of nitrogens with one attached hydrogen (secondary N) is 2. The molecule has 5 rings (SSSR count). The van der Waals surface area contributed by atoms with Gasteiger partial charge in [0.1, 0.15) is 5.76 Å². The third-order valence-corrected chi connectivity index (χ3v) is 6.09. The van der Waals surface area contributed by atoms with E-state index in [1.54, 1.807) is 42.6 Å². The van der Waals surface area contributed by atoms with Gasteiger partial charge in [-0.05, 0) is 85.4 Å². The predicted octanol–water partition coefficient (Wildman–Crippen LogP) is 6.89. The number of amides is 1. The number of nitrogens with zero attached hydrogens (tertiary/aromatic N) is 2. The van der Waals surface area contributed by atoms with E-state index in [9.17, 15) is 4.79 Å². The molecule has 5 aromatic rings. The molecule has 0 radical (unpaired) electrons. The molecule has 1 amide bonds. The first kappa shape index (κ1) is 23.0. The Morgan fingerprint density at radius 2 is 1.80 bits per heavy atom. The monoisotopic (exact) mass is 522 g/mol. The molecule has 0 aliphatic rings. The lowest BCUT2D eigenvalue weighted by Gasteiger charge is -2.11. The number of carbonyl (C=O) groups excluding carboxylic acids is 1. The van der Waals surface area contributed by atoms with E-state index in [1.807, 2.05) is 31.2 Å². The van der Waals surface area contributed by atoms with Crippen molar-refractivity contribution in [1.29, 1.82) is 0 Å². The molecule has 35 heavy (non-hydrogen) atoms. The van der Waals surface area contributed by atoms with Crippen LogP contribution in [0.3, 0.4) is 0 Å². The first-order valence-corrected chi connectivity index (χ1v) is 11.5. The van der Waals surface area contributed by atoms with Crippen molar-refractivity contribution in [2.24, 2.45) is 0 Å². The van der Waals surface area contributed by atoms with E-state index < -0.39 is 5.91 Å². The second kappa shape index (κ2) is 9.50. The molecule has 7 nitrogen and oxygen atoms in total. The van der Waals surface area contributed by atoms with Crippen LogP contribution in [-0.2, 0) is 0 Å². The van der Waals surface area contributed by atoms with Gasteiger partial charge in [-0.2, -0.15) is 4.98 Å². The number of rotatable bonds is 4. The van der Waals surface area contributed by atoms with Crippen molar-refractivity contribution >= 4 is 63.4 Å². The van der Waals surface area contributed by atoms with Crippen LogP contribution in [0.2, 0.25) is 10.0 Å². The summed E-state index contributed by atoms with van der Waals surface area (Å²) in [7, 11) is 0. The maximum Gasteiger partial charge on any atom is 0.293 e. The normalized spacial score (nSPS) is 10.9. The second-order valence-electron chi connectivity index (χ2n) is 7.57. The van der Waals surface area contributed by atoms with E-state index in [0.29, 0.717) is 38.5 Å². The van der Waals surface area contributed by atoms with Gasteiger partial charge in [-0.25, -0.2) is 4.98 Å². The largest absolute Gasteiger partial charge is 0.451 e. The van der Waals surface area contributed by atoms with Crippen LogP contribution in [0.15, 0.2) is 75.7 Å². The first-order chi connectivity index (χ1) is 16.9. The summed E-state index contributed by atoms with van der Waals surface area (Å²) in [4.78, 5) is 21.2. The number of hydrogen-bond donors (Lipinski definition) is 2. The van der Waals surface area contributed by atoms with Gasteiger partial charge >= 0.3 is 0 Å². The zero-order chi connectivity index (χ0) is 24.5. The van der Waals surface area contributed by atoms with Gasteiger partial charge in [0.15, 0.2) is 22.1 Å². The summed E-state index contributed by atoms with van der Waals surface area (Å²) in [6.45, 7) is 1.91. The molecule has 10 heteroatoms. The number of thiocarbonyl (C=S) groups is 1. The second-order valence-corrected chi connectivity index (χ2v) is 8.80. The van der Waals surface area contributed by atoms with Crippen molar-refractivity contribution in [1.82, 2.24) is 15.3 Å². The Kier molecular flexibility index (Phi) is 6.25. The van der Waals surface area contributed by atoms with E-state index in [2.05, 4.69) is 20.6 Å². The van der Waals surface area contributed by atoms with Crippen molar-refractivity contribution in [2.45, 2.75) is 6.92 Å². The lowest BCUT2D eigenvalue weighted by atomic mass is 10.1.